The molecule has 9 heteroatoms. The maximum atomic E-state index is 13.8. The molecule has 7 nitrogen and oxygen atoms in total. The molecule has 1 aromatic heterocycles. The van der Waals surface area contributed by atoms with Crippen molar-refractivity contribution >= 4 is 17.2 Å². The Labute approximate surface area is 168 Å². The van der Waals surface area contributed by atoms with E-state index in [4.69, 9.17) is 10.5 Å². The average molecular weight is 404 g/mol. The number of halogens is 2. The first-order chi connectivity index (χ1) is 14.2. The van der Waals surface area contributed by atoms with Gasteiger partial charge in [-0.05, 0) is 18.9 Å². The first-order valence-electron chi connectivity index (χ1n) is 10.1. The van der Waals surface area contributed by atoms with Crippen molar-refractivity contribution in [3.8, 4) is 0 Å². The third-order valence-electron chi connectivity index (χ3n) is 5.49. The van der Waals surface area contributed by atoms with Gasteiger partial charge in [-0.25, -0.2) is 8.78 Å². The maximum Gasteiger partial charge on any atom is 0.282 e. The summed E-state index contributed by atoms with van der Waals surface area (Å²) < 4.78 is 34.4. The summed E-state index contributed by atoms with van der Waals surface area (Å²) in [6.45, 7) is 1.01. The van der Waals surface area contributed by atoms with E-state index >= 15 is 0 Å². The second kappa shape index (κ2) is 8.75. The summed E-state index contributed by atoms with van der Waals surface area (Å²) in [4.78, 5) is 9.08. The number of ether oxygens (including phenoxy) is 1. The van der Waals surface area contributed by atoms with Gasteiger partial charge in [0.15, 0.2) is 0 Å². The predicted octanol–water partition coefficient (Wildman–Crippen LogP) is 3.33. The van der Waals surface area contributed by atoms with Gasteiger partial charge in [-0.15, -0.1) is 0 Å². The van der Waals surface area contributed by atoms with Gasteiger partial charge in [-0.2, -0.15) is 5.10 Å². The first kappa shape index (κ1) is 19.6. The highest BCUT2D eigenvalue weighted by molar-refractivity contribution is 6.27. The molecule has 1 fully saturated rings. The van der Waals surface area contributed by atoms with E-state index in [2.05, 4.69) is 20.4 Å². The number of hydrogen-bond donors (Lipinski definition) is 2. The summed E-state index contributed by atoms with van der Waals surface area (Å²) in [5, 5.41) is 7.40. The Morgan fingerprint density at radius 2 is 2.17 bits per heavy atom. The van der Waals surface area contributed by atoms with E-state index in [-0.39, 0.29) is 17.8 Å². The van der Waals surface area contributed by atoms with Crippen LogP contribution in [0.3, 0.4) is 0 Å². The number of nitrogens with zero attached hydrogens (tertiary/aromatic N) is 4. The van der Waals surface area contributed by atoms with Gasteiger partial charge in [-0.1, -0.05) is 19.3 Å². The minimum Gasteiger partial charge on any atom is -0.499 e. The van der Waals surface area contributed by atoms with Crippen LogP contribution in [0.25, 0.3) is 5.57 Å². The van der Waals surface area contributed by atoms with Crippen LogP contribution < -0.4 is 11.1 Å². The number of amidine groups is 2. The van der Waals surface area contributed by atoms with Crippen LogP contribution in [-0.4, -0.2) is 40.6 Å². The van der Waals surface area contributed by atoms with Gasteiger partial charge in [-0.3, -0.25) is 14.7 Å². The molecule has 3 heterocycles. The van der Waals surface area contributed by atoms with Crippen molar-refractivity contribution in [2.45, 2.75) is 57.0 Å². The molecule has 0 spiro atoms. The molecule has 1 aromatic rings. The van der Waals surface area contributed by atoms with Gasteiger partial charge < -0.3 is 15.8 Å². The molecule has 3 N–H and O–H groups in total. The molecule has 0 bridgehead atoms. The smallest absolute Gasteiger partial charge is 0.282 e. The topological polar surface area (TPSA) is 89.8 Å². The summed E-state index contributed by atoms with van der Waals surface area (Å²) in [6, 6.07) is 0.106. The lowest BCUT2D eigenvalue weighted by Gasteiger charge is -2.22. The molecule has 156 valence electrons. The Morgan fingerprint density at radius 1 is 1.34 bits per heavy atom. The van der Waals surface area contributed by atoms with E-state index in [1.165, 1.54) is 12.6 Å². The lowest BCUT2D eigenvalue weighted by molar-refractivity contribution is 0.143. The standard InChI is InChI=1S/C20H26F2N6O/c21-19(22)18-16(11-28(27-18)14-4-2-1-3-5-14)15(10-23)20-24-8-6-17(26-20)25-13-7-9-29-12-13/h7,9-11,13-14,19H,1-6,8,12,23H2,(H,24,25,26). The average Bonchev–Trinajstić information content (AvgIpc) is 3.40. The number of aliphatic imine (C=N–C) groups is 2. The van der Waals surface area contributed by atoms with Gasteiger partial charge >= 0.3 is 0 Å². The second-order valence-electron chi connectivity index (χ2n) is 7.49. The zero-order chi connectivity index (χ0) is 20.2. The Hall–Kier alpha value is -2.71. The van der Waals surface area contributed by atoms with Crippen LogP contribution in [0.15, 0.2) is 34.7 Å². The molecule has 2 aliphatic heterocycles. The minimum atomic E-state index is -2.69. The third kappa shape index (κ3) is 4.33. The summed E-state index contributed by atoms with van der Waals surface area (Å²) in [7, 11) is 0. The lowest BCUT2D eigenvalue weighted by Crippen LogP contribution is -2.37. The van der Waals surface area contributed by atoms with Crippen molar-refractivity contribution in [1.82, 2.24) is 15.1 Å². The lowest BCUT2D eigenvalue weighted by atomic mass is 9.96. The van der Waals surface area contributed by atoms with Gasteiger partial charge in [0.05, 0.1) is 12.3 Å². The van der Waals surface area contributed by atoms with E-state index < -0.39 is 6.43 Å². The molecule has 0 radical (unpaired) electrons. The van der Waals surface area contributed by atoms with Gasteiger partial charge in [0.1, 0.15) is 30.0 Å². The molecule has 0 saturated heterocycles. The summed E-state index contributed by atoms with van der Waals surface area (Å²) >= 11 is 0. The Kier molecular flexibility index (Phi) is 5.92. The molecule has 0 amide bonds. The highest BCUT2D eigenvalue weighted by atomic mass is 19.3. The van der Waals surface area contributed by atoms with Crippen LogP contribution >= 0.6 is 0 Å². The van der Waals surface area contributed by atoms with Gasteiger partial charge in [0.2, 0.25) is 0 Å². The SMILES string of the molecule is NC=C(C1=NCCC(=NC2C=COC2)N1)c1cn(C2CCCCC2)nc1C(F)F. The van der Waals surface area contributed by atoms with E-state index in [1.54, 1.807) is 17.1 Å². The highest BCUT2D eigenvalue weighted by Crippen LogP contribution is 2.33. The predicted molar refractivity (Wildman–Crippen MR) is 108 cm³/mol. The van der Waals surface area contributed by atoms with Crippen LogP contribution in [0.2, 0.25) is 0 Å². The van der Waals surface area contributed by atoms with Gasteiger partial charge in [0.25, 0.3) is 6.43 Å². The number of aromatic nitrogens is 2. The van der Waals surface area contributed by atoms with E-state index in [9.17, 15) is 8.78 Å². The highest BCUT2D eigenvalue weighted by Gasteiger charge is 2.27. The second-order valence-corrected chi connectivity index (χ2v) is 7.49. The number of rotatable bonds is 5. The van der Waals surface area contributed by atoms with Crippen LogP contribution in [0.4, 0.5) is 8.78 Å². The van der Waals surface area contributed by atoms with Gasteiger partial charge in [0, 0.05) is 36.5 Å². The zero-order valence-corrected chi connectivity index (χ0v) is 16.2. The van der Waals surface area contributed by atoms with Crippen LogP contribution in [0.1, 0.15) is 62.2 Å². The maximum absolute atomic E-state index is 13.8. The van der Waals surface area contributed by atoms with Crippen LogP contribution in [0, 0.1) is 0 Å². The van der Waals surface area contributed by atoms with Crippen molar-refractivity contribution in [3.63, 3.8) is 0 Å². The van der Waals surface area contributed by atoms with Crippen molar-refractivity contribution < 1.29 is 13.5 Å². The molecular weight excluding hydrogens is 378 g/mol. The molecule has 4 rings (SSSR count). The zero-order valence-electron chi connectivity index (χ0n) is 16.2. The summed E-state index contributed by atoms with van der Waals surface area (Å²) in [5.41, 5.74) is 6.36. The van der Waals surface area contributed by atoms with Crippen LogP contribution in [-0.2, 0) is 4.74 Å². The first-order valence-corrected chi connectivity index (χ1v) is 10.1. The fourth-order valence-electron chi connectivity index (χ4n) is 4.00. The van der Waals surface area contributed by atoms with E-state index in [1.807, 2.05) is 6.08 Å². The fraction of sp³-hybridized carbons (Fsp3) is 0.550. The van der Waals surface area contributed by atoms with Crippen LogP contribution in [0.5, 0.6) is 0 Å². The molecule has 1 saturated carbocycles. The number of hydrogen-bond acceptors (Lipinski definition) is 5. The number of nitrogens with one attached hydrogen (secondary N) is 1. The van der Waals surface area contributed by atoms with Crippen molar-refractivity contribution in [3.05, 3.63) is 36.0 Å². The molecular formula is C20H26F2N6O. The Morgan fingerprint density at radius 3 is 2.86 bits per heavy atom. The molecule has 29 heavy (non-hydrogen) atoms. The minimum absolute atomic E-state index is 0.0483. The Balaban J connectivity index is 1.60. The van der Waals surface area contributed by atoms with E-state index in [0.717, 1.165) is 31.5 Å². The molecule has 1 unspecified atom stereocenters. The normalized spacial score (nSPS) is 24.7. The number of nitrogens with two attached hydrogens (primary N) is 1. The quantitative estimate of drug-likeness (QED) is 0.788. The molecule has 1 aliphatic carbocycles. The molecule has 3 aliphatic rings. The monoisotopic (exact) mass is 404 g/mol. The fourth-order valence-corrected chi connectivity index (χ4v) is 4.00. The molecule has 0 aromatic carbocycles. The van der Waals surface area contributed by atoms with E-state index in [0.29, 0.717) is 36.5 Å². The van der Waals surface area contributed by atoms with Crippen molar-refractivity contribution in [1.29, 1.82) is 0 Å². The summed E-state index contributed by atoms with van der Waals surface area (Å²) in [6.07, 6.45) is 9.77. The van der Waals surface area contributed by atoms with Crippen molar-refractivity contribution in [2.75, 3.05) is 13.2 Å². The number of alkyl halides is 2. The largest absolute Gasteiger partial charge is 0.499 e. The third-order valence-corrected chi connectivity index (χ3v) is 5.49. The van der Waals surface area contributed by atoms with Crippen molar-refractivity contribution in [2.24, 2.45) is 15.7 Å². The Bertz CT molecular complexity index is 851. The summed E-state index contributed by atoms with van der Waals surface area (Å²) in [5.74, 6) is 1.19. The molecule has 1 atom stereocenters.